The van der Waals surface area contributed by atoms with E-state index in [1.165, 1.54) is 26.4 Å². The smallest absolute Gasteiger partial charge is 0.335 e. The number of benzene rings is 1. The van der Waals surface area contributed by atoms with E-state index in [4.69, 9.17) is 9.47 Å². The normalized spacial score (nSPS) is 10.4. The number of methoxy groups -OCH3 is 2. The molecule has 0 spiro atoms. The van der Waals surface area contributed by atoms with Crippen molar-refractivity contribution in [2.24, 2.45) is 0 Å². The number of carbonyl (C=O) groups is 1. The molecule has 0 aliphatic rings. The maximum Gasteiger partial charge on any atom is 0.335 e. The topological polar surface area (TPSA) is 97.3 Å². The number of nitrogens with one attached hydrogen (secondary N) is 1. The van der Waals surface area contributed by atoms with E-state index in [-0.39, 0.29) is 5.56 Å². The van der Waals surface area contributed by atoms with Crippen LogP contribution in [-0.4, -0.2) is 40.5 Å². The fourth-order valence-electron chi connectivity index (χ4n) is 2.51. The van der Waals surface area contributed by atoms with E-state index in [1.54, 1.807) is 18.6 Å². The third-order valence-corrected chi connectivity index (χ3v) is 3.61. The molecule has 122 valence electrons. The molecule has 3 aromatic rings. The zero-order valence-corrected chi connectivity index (χ0v) is 13.1. The number of pyridine rings is 1. The van der Waals surface area contributed by atoms with E-state index in [1.807, 2.05) is 12.1 Å². The Balaban J connectivity index is 2.25. The minimum atomic E-state index is -1.05. The number of aromatic carboxylic acids is 1. The van der Waals surface area contributed by atoms with Crippen LogP contribution in [0.25, 0.3) is 22.4 Å². The highest BCUT2D eigenvalue weighted by atomic mass is 16.5. The van der Waals surface area contributed by atoms with Crippen LogP contribution in [0.15, 0.2) is 42.9 Å². The molecule has 0 saturated carbocycles. The van der Waals surface area contributed by atoms with Crippen LogP contribution in [0, 0.1) is 0 Å². The summed E-state index contributed by atoms with van der Waals surface area (Å²) in [7, 11) is 2.97. The third kappa shape index (κ3) is 2.67. The second-order valence-electron chi connectivity index (χ2n) is 4.96. The highest BCUT2D eigenvalue weighted by Gasteiger charge is 2.20. The molecule has 3 rings (SSSR count). The van der Waals surface area contributed by atoms with Crippen molar-refractivity contribution >= 4 is 5.97 Å². The summed E-state index contributed by atoms with van der Waals surface area (Å²) in [5.41, 5.74) is 2.90. The van der Waals surface area contributed by atoms with E-state index in [2.05, 4.69) is 15.2 Å². The molecule has 0 atom stereocenters. The number of carboxylic acids is 1. The fourth-order valence-corrected chi connectivity index (χ4v) is 2.51. The molecule has 0 aliphatic heterocycles. The molecule has 0 aliphatic carbocycles. The highest BCUT2D eigenvalue weighted by molar-refractivity contribution is 5.93. The van der Waals surface area contributed by atoms with Crippen molar-refractivity contribution in [2.45, 2.75) is 0 Å². The van der Waals surface area contributed by atoms with Crippen LogP contribution >= 0.6 is 0 Å². The second-order valence-corrected chi connectivity index (χ2v) is 4.96. The molecule has 0 saturated heterocycles. The Hall–Kier alpha value is -3.35. The van der Waals surface area contributed by atoms with Gasteiger partial charge >= 0.3 is 5.97 Å². The Kier molecular flexibility index (Phi) is 4.15. The van der Waals surface area contributed by atoms with Gasteiger partial charge in [-0.15, -0.1) is 0 Å². The lowest BCUT2D eigenvalue weighted by molar-refractivity contribution is 0.0696. The zero-order valence-electron chi connectivity index (χ0n) is 13.1. The van der Waals surface area contributed by atoms with Crippen molar-refractivity contribution in [1.82, 2.24) is 15.2 Å². The van der Waals surface area contributed by atoms with Crippen LogP contribution in [0.5, 0.6) is 11.5 Å². The van der Waals surface area contributed by atoms with Crippen LogP contribution < -0.4 is 9.47 Å². The van der Waals surface area contributed by atoms with E-state index in [0.717, 1.165) is 5.56 Å². The third-order valence-electron chi connectivity index (χ3n) is 3.61. The molecule has 0 fully saturated rings. The average molecular weight is 325 g/mol. The number of H-pyrrole nitrogens is 1. The molecule has 0 unspecified atom stereocenters. The molecular weight excluding hydrogens is 310 g/mol. The predicted molar refractivity (Wildman–Crippen MR) is 87.3 cm³/mol. The minimum absolute atomic E-state index is 0.0981. The van der Waals surface area contributed by atoms with Gasteiger partial charge in [-0.05, 0) is 24.3 Å². The molecular formula is C17H15N3O4. The number of carboxylic acid groups (broad SMARTS) is 1. The van der Waals surface area contributed by atoms with Gasteiger partial charge in [0.2, 0.25) is 0 Å². The molecule has 0 bridgehead atoms. The fraction of sp³-hybridized carbons (Fsp3) is 0.118. The van der Waals surface area contributed by atoms with Gasteiger partial charge in [0.15, 0.2) is 11.5 Å². The summed E-state index contributed by atoms with van der Waals surface area (Å²) in [5.74, 6) is -0.275. The van der Waals surface area contributed by atoms with Crippen molar-refractivity contribution in [1.29, 1.82) is 0 Å². The van der Waals surface area contributed by atoms with Crippen molar-refractivity contribution in [3.05, 3.63) is 48.4 Å². The summed E-state index contributed by atoms with van der Waals surface area (Å²) < 4.78 is 10.7. The maximum absolute atomic E-state index is 11.4. The summed E-state index contributed by atoms with van der Waals surface area (Å²) >= 11 is 0. The Labute approximate surface area is 137 Å². The molecule has 7 nitrogen and oxygen atoms in total. The van der Waals surface area contributed by atoms with E-state index >= 15 is 0 Å². The second kappa shape index (κ2) is 6.41. The Morgan fingerprint density at radius 2 is 2.00 bits per heavy atom. The first-order valence-corrected chi connectivity index (χ1v) is 7.09. The van der Waals surface area contributed by atoms with Crippen molar-refractivity contribution in [2.75, 3.05) is 14.2 Å². The van der Waals surface area contributed by atoms with Gasteiger partial charge in [0.1, 0.15) is 0 Å². The van der Waals surface area contributed by atoms with Crippen molar-refractivity contribution in [3.63, 3.8) is 0 Å². The van der Waals surface area contributed by atoms with E-state index < -0.39 is 5.97 Å². The first-order valence-electron chi connectivity index (χ1n) is 7.09. The lowest BCUT2D eigenvalue weighted by Gasteiger charge is -2.14. The van der Waals surface area contributed by atoms with Gasteiger partial charge in [0, 0.05) is 29.1 Å². The Morgan fingerprint density at radius 1 is 1.17 bits per heavy atom. The maximum atomic E-state index is 11.4. The van der Waals surface area contributed by atoms with Crippen LogP contribution in [0.4, 0.5) is 0 Å². The van der Waals surface area contributed by atoms with E-state index in [0.29, 0.717) is 28.3 Å². The number of aromatic amines is 1. The monoisotopic (exact) mass is 325 g/mol. The standard InChI is InChI=1S/C17H15N3O4/c1-23-14-7-11(17(21)22)6-12(16(14)24-2)13-9-19-20-15(13)10-4-3-5-18-8-10/h3-9H,1-2H3,(H,19,20)(H,21,22). The molecule has 7 heteroatoms. The van der Waals surface area contributed by atoms with Crippen LogP contribution in [-0.2, 0) is 0 Å². The Bertz CT molecular complexity index is 875. The molecule has 24 heavy (non-hydrogen) atoms. The molecule has 0 amide bonds. The predicted octanol–water partition coefficient (Wildman–Crippen LogP) is 2.85. The number of rotatable bonds is 5. The van der Waals surface area contributed by atoms with Gasteiger partial charge in [-0.3, -0.25) is 10.1 Å². The molecule has 1 aromatic carbocycles. The number of nitrogens with zero attached hydrogens (tertiary/aromatic N) is 2. The zero-order chi connectivity index (χ0) is 17.1. The minimum Gasteiger partial charge on any atom is -0.493 e. The van der Waals surface area contributed by atoms with Gasteiger partial charge in [-0.2, -0.15) is 5.10 Å². The summed E-state index contributed by atoms with van der Waals surface area (Å²) in [4.78, 5) is 15.5. The number of hydrogen-bond donors (Lipinski definition) is 2. The summed E-state index contributed by atoms with van der Waals surface area (Å²) in [6, 6.07) is 6.66. The summed E-state index contributed by atoms with van der Waals surface area (Å²) in [6.07, 6.45) is 4.99. The summed E-state index contributed by atoms with van der Waals surface area (Å²) in [6.45, 7) is 0. The van der Waals surface area contributed by atoms with Crippen molar-refractivity contribution in [3.8, 4) is 33.9 Å². The SMILES string of the molecule is COc1cc(C(=O)O)cc(-c2cn[nH]c2-c2cccnc2)c1OC. The Morgan fingerprint density at radius 3 is 2.62 bits per heavy atom. The molecule has 2 aromatic heterocycles. The van der Waals surface area contributed by atoms with Crippen LogP contribution in [0.2, 0.25) is 0 Å². The first-order chi connectivity index (χ1) is 11.7. The first kappa shape index (κ1) is 15.5. The number of ether oxygens (including phenoxy) is 2. The van der Waals surface area contributed by atoms with Gasteiger partial charge in [-0.1, -0.05) is 0 Å². The molecule has 0 radical (unpaired) electrons. The van der Waals surface area contributed by atoms with E-state index in [9.17, 15) is 9.90 Å². The largest absolute Gasteiger partial charge is 0.493 e. The lowest BCUT2D eigenvalue weighted by atomic mass is 9.99. The van der Waals surface area contributed by atoms with Crippen molar-refractivity contribution < 1.29 is 19.4 Å². The summed E-state index contributed by atoms with van der Waals surface area (Å²) in [5, 5.41) is 16.4. The van der Waals surface area contributed by atoms with Gasteiger partial charge < -0.3 is 14.6 Å². The number of aromatic nitrogens is 3. The van der Waals surface area contributed by atoms with Gasteiger partial charge in [0.25, 0.3) is 0 Å². The quantitative estimate of drug-likeness (QED) is 0.748. The average Bonchev–Trinajstić information content (AvgIpc) is 3.10. The number of hydrogen-bond acceptors (Lipinski definition) is 5. The highest BCUT2D eigenvalue weighted by Crippen LogP contribution is 2.42. The van der Waals surface area contributed by atoms with Crippen LogP contribution in [0.3, 0.4) is 0 Å². The molecule has 2 N–H and O–H groups in total. The van der Waals surface area contributed by atoms with Gasteiger partial charge in [-0.25, -0.2) is 4.79 Å². The molecule has 2 heterocycles. The van der Waals surface area contributed by atoms with Gasteiger partial charge in [0.05, 0.1) is 31.7 Å². The lowest BCUT2D eigenvalue weighted by Crippen LogP contribution is -2.01. The van der Waals surface area contributed by atoms with Crippen LogP contribution in [0.1, 0.15) is 10.4 Å².